The van der Waals surface area contributed by atoms with Crippen molar-refractivity contribution in [2.75, 3.05) is 26.4 Å². The standard InChI is InChI=1S/C13H22O4/c14-13(11-4-1-2-5-11)17-12-6-9-15-7-3-8-16-10-12/h11-12H,1-10H2. The predicted molar refractivity (Wildman–Crippen MR) is 62.7 cm³/mol. The van der Waals surface area contributed by atoms with Gasteiger partial charge in [0.05, 0.1) is 19.1 Å². The molecular weight excluding hydrogens is 220 g/mol. The van der Waals surface area contributed by atoms with Gasteiger partial charge in [0.2, 0.25) is 0 Å². The molecule has 0 radical (unpaired) electrons. The summed E-state index contributed by atoms with van der Waals surface area (Å²) in [5, 5.41) is 0. The van der Waals surface area contributed by atoms with E-state index in [-0.39, 0.29) is 18.0 Å². The van der Waals surface area contributed by atoms with Crippen LogP contribution in [0.4, 0.5) is 0 Å². The minimum atomic E-state index is -0.124. The van der Waals surface area contributed by atoms with Crippen molar-refractivity contribution in [3.05, 3.63) is 0 Å². The lowest BCUT2D eigenvalue weighted by atomic mass is 10.1. The number of rotatable bonds is 2. The maximum atomic E-state index is 11.9. The molecule has 0 spiro atoms. The van der Waals surface area contributed by atoms with Crippen LogP contribution in [0.15, 0.2) is 0 Å². The van der Waals surface area contributed by atoms with Crippen LogP contribution in [0, 0.1) is 5.92 Å². The summed E-state index contributed by atoms with van der Waals surface area (Å²) in [6.45, 7) is 2.61. The van der Waals surface area contributed by atoms with E-state index in [1.54, 1.807) is 0 Å². The Balaban J connectivity index is 1.76. The summed E-state index contributed by atoms with van der Waals surface area (Å²) in [6.07, 6.45) is 5.84. The molecule has 0 bridgehead atoms. The van der Waals surface area contributed by atoms with Crippen molar-refractivity contribution in [3.8, 4) is 0 Å². The molecule has 1 atom stereocenters. The first-order valence-corrected chi connectivity index (χ1v) is 6.72. The first-order valence-electron chi connectivity index (χ1n) is 6.72. The third kappa shape index (κ3) is 4.28. The second-order valence-electron chi connectivity index (χ2n) is 4.87. The second kappa shape index (κ2) is 6.97. The van der Waals surface area contributed by atoms with E-state index in [9.17, 15) is 4.79 Å². The van der Waals surface area contributed by atoms with Gasteiger partial charge in [0.1, 0.15) is 6.10 Å². The van der Waals surface area contributed by atoms with Gasteiger partial charge in [0.25, 0.3) is 0 Å². The Morgan fingerprint density at radius 2 is 1.71 bits per heavy atom. The van der Waals surface area contributed by atoms with Crippen LogP contribution in [0.1, 0.15) is 38.5 Å². The lowest BCUT2D eigenvalue weighted by molar-refractivity contribution is -0.157. The number of ether oxygens (including phenoxy) is 3. The van der Waals surface area contributed by atoms with Crippen molar-refractivity contribution < 1.29 is 19.0 Å². The summed E-state index contributed by atoms with van der Waals surface area (Å²) in [4.78, 5) is 11.9. The van der Waals surface area contributed by atoms with Crippen molar-refractivity contribution in [1.29, 1.82) is 0 Å². The van der Waals surface area contributed by atoms with Crippen LogP contribution in [0.5, 0.6) is 0 Å². The zero-order valence-corrected chi connectivity index (χ0v) is 10.4. The highest BCUT2D eigenvalue weighted by Gasteiger charge is 2.26. The summed E-state index contributed by atoms with van der Waals surface area (Å²) >= 11 is 0. The Kier molecular flexibility index (Phi) is 5.26. The third-order valence-corrected chi connectivity index (χ3v) is 3.44. The van der Waals surface area contributed by atoms with E-state index in [4.69, 9.17) is 14.2 Å². The second-order valence-corrected chi connectivity index (χ2v) is 4.87. The Hall–Kier alpha value is -0.610. The molecule has 4 nitrogen and oxygen atoms in total. The lowest BCUT2D eigenvalue weighted by Crippen LogP contribution is -2.27. The summed E-state index contributed by atoms with van der Waals surface area (Å²) in [5.74, 6) is 0.0962. The monoisotopic (exact) mass is 242 g/mol. The molecule has 2 rings (SSSR count). The van der Waals surface area contributed by atoms with E-state index in [0.717, 1.165) is 45.1 Å². The number of carbonyl (C=O) groups is 1. The molecule has 2 aliphatic rings. The van der Waals surface area contributed by atoms with Gasteiger partial charge in [-0.3, -0.25) is 4.79 Å². The number of carbonyl (C=O) groups excluding carboxylic acids is 1. The molecule has 0 aromatic rings. The van der Waals surface area contributed by atoms with E-state index in [1.165, 1.54) is 0 Å². The number of esters is 1. The molecule has 0 amide bonds. The van der Waals surface area contributed by atoms with Crippen LogP contribution in [0.25, 0.3) is 0 Å². The van der Waals surface area contributed by atoms with E-state index in [2.05, 4.69) is 0 Å². The molecule has 0 aromatic heterocycles. The van der Waals surface area contributed by atoms with Crippen molar-refractivity contribution in [1.82, 2.24) is 0 Å². The normalized spacial score (nSPS) is 28.1. The van der Waals surface area contributed by atoms with Crippen molar-refractivity contribution >= 4 is 5.97 Å². The van der Waals surface area contributed by atoms with Crippen molar-refractivity contribution in [2.24, 2.45) is 5.92 Å². The van der Waals surface area contributed by atoms with Gasteiger partial charge in [-0.2, -0.15) is 0 Å². The summed E-state index contributed by atoms with van der Waals surface area (Å²) < 4.78 is 16.4. The molecule has 17 heavy (non-hydrogen) atoms. The van der Waals surface area contributed by atoms with Crippen LogP contribution in [0.2, 0.25) is 0 Å². The topological polar surface area (TPSA) is 44.8 Å². The van der Waals surface area contributed by atoms with E-state index in [1.807, 2.05) is 0 Å². The van der Waals surface area contributed by atoms with Gasteiger partial charge >= 0.3 is 5.97 Å². The molecule has 1 aliphatic heterocycles. The molecule has 2 fully saturated rings. The molecule has 98 valence electrons. The highest BCUT2D eigenvalue weighted by molar-refractivity contribution is 5.72. The molecule has 0 N–H and O–H groups in total. The third-order valence-electron chi connectivity index (χ3n) is 3.44. The Bertz CT molecular complexity index is 226. The van der Waals surface area contributed by atoms with Gasteiger partial charge in [-0.05, 0) is 19.3 Å². The molecule has 1 heterocycles. The van der Waals surface area contributed by atoms with Crippen LogP contribution in [0.3, 0.4) is 0 Å². The summed E-state index contributed by atoms with van der Waals surface area (Å²) in [7, 11) is 0. The highest BCUT2D eigenvalue weighted by atomic mass is 16.6. The maximum absolute atomic E-state index is 11.9. The van der Waals surface area contributed by atoms with Gasteiger partial charge in [0.15, 0.2) is 0 Å². The van der Waals surface area contributed by atoms with E-state index < -0.39 is 0 Å². The fourth-order valence-electron chi connectivity index (χ4n) is 2.39. The molecule has 0 aromatic carbocycles. The lowest BCUT2D eigenvalue weighted by Gasteiger charge is -2.19. The minimum absolute atomic E-state index is 0.0321. The van der Waals surface area contributed by atoms with Crippen LogP contribution < -0.4 is 0 Å². The van der Waals surface area contributed by atoms with E-state index >= 15 is 0 Å². The maximum Gasteiger partial charge on any atom is 0.309 e. The number of hydrogen-bond donors (Lipinski definition) is 0. The largest absolute Gasteiger partial charge is 0.460 e. The van der Waals surface area contributed by atoms with Gasteiger partial charge in [-0.25, -0.2) is 0 Å². The Morgan fingerprint density at radius 1 is 0.941 bits per heavy atom. The predicted octanol–water partition coefficient (Wildman–Crippen LogP) is 1.92. The first-order chi connectivity index (χ1) is 8.36. The minimum Gasteiger partial charge on any atom is -0.460 e. The van der Waals surface area contributed by atoms with Gasteiger partial charge < -0.3 is 14.2 Å². The zero-order chi connectivity index (χ0) is 11.9. The van der Waals surface area contributed by atoms with Crippen molar-refractivity contribution in [2.45, 2.75) is 44.6 Å². The fraction of sp³-hybridized carbons (Fsp3) is 0.923. The average molecular weight is 242 g/mol. The summed E-state index contributed by atoms with van der Waals surface area (Å²) in [5.41, 5.74) is 0. The van der Waals surface area contributed by atoms with Crippen LogP contribution in [-0.4, -0.2) is 38.5 Å². The number of hydrogen-bond acceptors (Lipinski definition) is 4. The van der Waals surface area contributed by atoms with E-state index in [0.29, 0.717) is 19.8 Å². The Morgan fingerprint density at radius 3 is 2.53 bits per heavy atom. The summed E-state index contributed by atoms with van der Waals surface area (Å²) in [6, 6.07) is 0. The van der Waals surface area contributed by atoms with Gasteiger partial charge in [0, 0.05) is 19.6 Å². The molecule has 1 unspecified atom stereocenters. The first kappa shape index (κ1) is 12.8. The molecule has 1 saturated heterocycles. The van der Waals surface area contributed by atoms with Crippen LogP contribution >= 0.6 is 0 Å². The Labute approximate surface area is 103 Å². The average Bonchev–Trinajstić information content (AvgIpc) is 2.86. The fourth-order valence-corrected chi connectivity index (χ4v) is 2.39. The zero-order valence-electron chi connectivity index (χ0n) is 10.4. The highest BCUT2D eigenvalue weighted by Crippen LogP contribution is 2.26. The molecule has 1 saturated carbocycles. The molecular formula is C13H22O4. The van der Waals surface area contributed by atoms with Crippen LogP contribution in [-0.2, 0) is 19.0 Å². The molecule has 1 aliphatic carbocycles. The van der Waals surface area contributed by atoms with Gasteiger partial charge in [-0.1, -0.05) is 12.8 Å². The SMILES string of the molecule is O=C(OC1CCOCCCOC1)C1CCCC1. The van der Waals surface area contributed by atoms with Gasteiger partial charge in [-0.15, -0.1) is 0 Å². The van der Waals surface area contributed by atoms with Crippen molar-refractivity contribution in [3.63, 3.8) is 0 Å². The molecule has 4 heteroatoms. The smallest absolute Gasteiger partial charge is 0.309 e. The quantitative estimate of drug-likeness (QED) is 0.694.